The molecule has 1 aromatic rings. The van der Waals surface area contributed by atoms with Crippen LogP contribution in [-0.2, 0) is 4.79 Å². The Morgan fingerprint density at radius 2 is 2.00 bits per heavy atom. The summed E-state index contributed by atoms with van der Waals surface area (Å²) < 4.78 is 0. The average molecular weight is 243 g/mol. The number of benzene rings is 1. The van der Waals surface area contributed by atoms with Crippen LogP contribution in [0.5, 0.6) is 0 Å². The SMILES string of the molecule is N#Cc1ccccc1NC(=O)CN1CCCCC1. The topological polar surface area (TPSA) is 56.1 Å². The molecule has 2 rings (SSSR count). The quantitative estimate of drug-likeness (QED) is 0.883. The average Bonchev–Trinajstić information content (AvgIpc) is 2.40. The number of para-hydroxylation sites is 1. The summed E-state index contributed by atoms with van der Waals surface area (Å²) in [6, 6.07) is 9.15. The lowest BCUT2D eigenvalue weighted by atomic mass is 10.1. The number of amides is 1. The molecular weight excluding hydrogens is 226 g/mol. The molecule has 1 aliphatic heterocycles. The zero-order chi connectivity index (χ0) is 12.8. The molecule has 0 aromatic heterocycles. The van der Waals surface area contributed by atoms with Crippen LogP contribution in [0.15, 0.2) is 24.3 Å². The Balaban J connectivity index is 1.92. The molecule has 0 bridgehead atoms. The molecule has 0 radical (unpaired) electrons. The first kappa shape index (κ1) is 12.6. The van der Waals surface area contributed by atoms with Gasteiger partial charge in [0, 0.05) is 0 Å². The monoisotopic (exact) mass is 243 g/mol. The van der Waals surface area contributed by atoms with Crippen molar-refractivity contribution < 1.29 is 4.79 Å². The van der Waals surface area contributed by atoms with Gasteiger partial charge in [0.15, 0.2) is 0 Å². The summed E-state index contributed by atoms with van der Waals surface area (Å²) in [5.41, 5.74) is 1.10. The van der Waals surface area contributed by atoms with E-state index in [2.05, 4.69) is 16.3 Å². The molecule has 0 atom stereocenters. The van der Waals surface area contributed by atoms with Gasteiger partial charge >= 0.3 is 0 Å². The second-order valence-corrected chi connectivity index (χ2v) is 4.54. The van der Waals surface area contributed by atoms with Gasteiger partial charge in [-0.25, -0.2) is 0 Å². The first-order valence-corrected chi connectivity index (χ1v) is 6.31. The van der Waals surface area contributed by atoms with Gasteiger partial charge in [0.25, 0.3) is 0 Å². The molecular formula is C14H17N3O. The number of anilines is 1. The van der Waals surface area contributed by atoms with Gasteiger partial charge in [0.1, 0.15) is 6.07 Å². The second kappa shape index (κ2) is 6.18. The highest BCUT2D eigenvalue weighted by molar-refractivity contribution is 5.93. The number of hydrogen-bond donors (Lipinski definition) is 1. The van der Waals surface area contributed by atoms with E-state index in [9.17, 15) is 4.79 Å². The first-order chi connectivity index (χ1) is 8.79. The molecule has 1 aromatic carbocycles. The van der Waals surface area contributed by atoms with Crippen LogP contribution < -0.4 is 5.32 Å². The smallest absolute Gasteiger partial charge is 0.238 e. The van der Waals surface area contributed by atoms with Crippen molar-refractivity contribution in [2.24, 2.45) is 0 Å². The Kier molecular flexibility index (Phi) is 4.32. The van der Waals surface area contributed by atoms with Gasteiger partial charge in [-0.05, 0) is 38.1 Å². The normalized spacial score (nSPS) is 15.9. The number of hydrogen-bond acceptors (Lipinski definition) is 3. The van der Waals surface area contributed by atoms with E-state index in [1.807, 2.05) is 6.07 Å². The predicted molar refractivity (Wildman–Crippen MR) is 70.1 cm³/mol. The molecule has 1 fully saturated rings. The predicted octanol–water partition coefficient (Wildman–Crippen LogP) is 1.98. The van der Waals surface area contributed by atoms with E-state index < -0.39 is 0 Å². The molecule has 94 valence electrons. The molecule has 18 heavy (non-hydrogen) atoms. The molecule has 1 amide bonds. The van der Waals surface area contributed by atoms with Crippen molar-refractivity contribution >= 4 is 11.6 Å². The van der Waals surface area contributed by atoms with E-state index in [1.165, 1.54) is 19.3 Å². The fourth-order valence-electron chi connectivity index (χ4n) is 2.20. The lowest BCUT2D eigenvalue weighted by molar-refractivity contribution is -0.117. The summed E-state index contributed by atoms with van der Waals surface area (Å²) in [5.74, 6) is -0.0420. The summed E-state index contributed by atoms with van der Waals surface area (Å²) >= 11 is 0. The Hall–Kier alpha value is -1.86. The van der Waals surface area contributed by atoms with Crippen molar-refractivity contribution in [1.29, 1.82) is 5.26 Å². The van der Waals surface area contributed by atoms with Crippen molar-refractivity contribution in [2.45, 2.75) is 19.3 Å². The maximum absolute atomic E-state index is 11.9. The van der Waals surface area contributed by atoms with Gasteiger partial charge in [0.05, 0.1) is 17.8 Å². The molecule has 0 aliphatic carbocycles. The number of nitriles is 1. The summed E-state index contributed by atoms with van der Waals surface area (Å²) in [6.07, 6.45) is 3.60. The molecule has 0 unspecified atom stereocenters. The molecule has 1 heterocycles. The molecule has 1 saturated heterocycles. The van der Waals surface area contributed by atoms with Crippen LogP contribution in [0.2, 0.25) is 0 Å². The van der Waals surface area contributed by atoms with Crippen LogP contribution in [0.25, 0.3) is 0 Å². The second-order valence-electron chi connectivity index (χ2n) is 4.54. The van der Waals surface area contributed by atoms with Crippen LogP contribution in [0.4, 0.5) is 5.69 Å². The van der Waals surface area contributed by atoms with Crippen molar-refractivity contribution in [1.82, 2.24) is 4.90 Å². The Bertz CT molecular complexity index is 458. The van der Waals surface area contributed by atoms with E-state index in [1.54, 1.807) is 18.2 Å². The lowest BCUT2D eigenvalue weighted by Crippen LogP contribution is -2.36. The molecule has 1 aliphatic rings. The number of carbonyl (C=O) groups excluding carboxylic acids is 1. The zero-order valence-electron chi connectivity index (χ0n) is 10.4. The number of rotatable bonds is 3. The van der Waals surface area contributed by atoms with E-state index >= 15 is 0 Å². The van der Waals surface area contributed by atoms with Crippen LogP contribution in [-0.4, -0.2) is 30.4 Å². The zero-order valence-corrected chi connectivity index (χ0v) is 10.4. The number of carbonyl (C=O) groups is 1. The summed E-state index contributed by atoms with van der Waals surface area (Å²) in [4.78, 5) is 14.0. The minimum atomic E-state index is -0.0420. The number of piperidine rings is 1. The first-order valence-electron chi connectivity index (χ1n) is 6.31. The van der Waals surface area contributed by atoms with Crippen molar-refractivity contribution in [3.8, 4) is 6.07 Å². The molecule has 1 N–H and O–H groups in total. The van der Waals surface area contributed by atoms with Gasteiger partial charge < -0.3 is 5.32 Å². The van der Waals surface area contributed by atoms with Crippen LogP contribution in [0.3, 0.4) is 0 Å². The largest absolute Gasteiger partial charge is 0.324 e. The number of nitrogens with one attached hydrogen (secondary N) is 1. The van der Waals surface area contributed by atoms with E-state index in [0.717, 1.165) is 13.1 Å². The van der Waals surface area contributed by atoms with Gasteiger partial charge in [-0.1, -0.05) is 18.6 Å². The maximum Gasteiger partial charge on any atom is 0.238 e. The Morgan fingerprint density at radius 3 is 2.72 bits per heavy atom. The van der Waals surface area contributed by atoms with Crippen LogP contribution in [0, 0.1) is 11.3 Å². The van der Waals surface area contributed by atoms with Crippen molar-refractivity contribution in [3.05, 3.63) is 29.8 Å². The molecule has 4 heteroatoms. The molecule has 4 nitrogen and oxygen atoms in total. The summed E-state index contributed by atoms with van der Waals surface area (Å²) in [5, 5.41) is 11.7. The summed E-state index contributed by atoms with van der Waals surface area (Å²) in [7, 11) is 0. The van der Waals surface area contributed by atoms with Crippen molar-refractivity contribution in [3.63, 3.8) is 0 Å². The minimum Gasteiger partial charge on any atom is -0.324 e. The third-order valence-electron chi connectivity index (χ3n) is 3.14. The van der Waals surface area contributed by atoms with Gasteiger partial charge in [-0.2, -0.15) is 5.26 Å². The third-order valence-corrected chi connectivity index (χ3v) is 3.14. The fourth-order valence-corrected chi connectivity index (χ4v) is 2.20. The standard InChI is InChI=1S/C14H17N3O/c15-10-12-6-2-3-7-13(12)16-14(18)11-17-8-4-1-5-9-17/h2-3,6-7H,1,4-5,8-9,11H2,(H,16,18). The maximum atomic E-state index is 11.9. The molecule has 0 spiro atoms. The highest BCUT2D eigenvalue weighted by Crippen LogP contribution is 2.14. The van der Waals surface area contributed by atoms with Gasteiger partial charge in [-0.15, -0.1) is 0 Å². The Labute approximate surface area is 107 Å². The lowest BCUT2D eigenvalue weighted by Gasteiger charge is -2.25. The number of likely N-dealkylation sites (tertiary alicyclic amines) is 1. The van der Waals surface area contributed by atoms with Crippen molar-refractivity contribution in [2.75, 3.05) is 25.0 Å². The van der Waals surface area contributed by atoms with Crippen LogP contribution in [0.1, 0.15) is 24.8 Å². The van der Waals surface area contributed by atoms with Gasteiger partial charge in [-0.3, -0.25) is 9.69 Å². The van der Waals surface area contributed by atoms with Gasteiger partial charge in [0.2, 0.25) is 5.91 Å². The Morgan fingerprint density at radius 1 is 1.28 bits per heavy atom. The third kappa shape index (κ3) is 3.31. The fraction of sp³-hybridized carbons (Fsp3) is 0.429. The minimum absolute atomic E-state index is 0.0420. The summed E-state index contributed by atoms with van der Waals surface area (Å²) in [6.45, 7) is 2.40. The highest BCUT2D eigenvalue weighted by atomic mass is 16.2. The van der Waals surface area contributed by atoms with E-state index in [0.29, 0.717) is 17.8 Å². The molecule has 0 saturated carbocycles. The van der Waals surface area contributed by atoms with E-state index in [4.69, 9.17) is 5.26 Å². The van der Waals surface area contributed by atoms with E-state index in [-0.39, 0.29) is 5.91 Å². The number of nitrogens with zero attached hydrogens (tertiary/aromatic N) is 2. The van der Waals surface area contributed by atoms with Crippen LogP contribution >= 0.6 is 0 Å². The highest BCUT2D eigenvalue weighted by Gasteiger charge is 2.14.